The van der Waals surface area contributed by atoms with Gasteiger partial charge in [-0.1, -0.05) is 60.7 Å². The highest BCUT2D eigenvalue weighted by molar-refractivity contribution is 7.25. The van der Waals surface area contributed by atoms with Crippen LogP contribution in [0.2, 0.25) is 0 Å². The third-order valence-corrected chi connectivity index (χ3v) is 6.84. The van der Waals surface area contributed by atoms with Crippen molar-refractivity contribution in [3.05, 3.63) is 90.0 Å². The number of hydrogen-bond donors (Lipinski definition) is 1. The molecule has 1 N–H and O–H groups in total. The Morgan fingerprint density at radius 2 is 1.57 bits per heavy atom. The molecular weight excluding hydrogens is 358 g/mol. The van der Waals surface area contributed by atoms with Crippen molar-refractivity contribution in [2.45, 2.75) is 12.8 Å². The van der Waals surface area contributed by atoms with Gasteiger partial charge in [0, 0.05) is 31.5 Å². The number of anilines is 2. The van der Waals surface area contributed by atoms with Gasteiger partial charge >= 0.3 is 0 Å². The first-order chi connectivity index (χ1) is 13.9. The lowest BCUT2D eigenvalue weighted by atomic mass is 9.90. The minimum absolute atomic E-state index is 1.09. The monoisotopic (exact) mass is 377 g/mol. The van der Waals surface area contributed by atoms with E-state index < -0.39 is 0 Å². The van der Waals surface area contributed by atoms with Gasteiger partial charge in [0.2, 0.25) is 0 Å². The van der Waals surface area contributed by atoms with Gasteiger partial charge < -0.3 is 5.32 Å². The molecule has 6 rings (SSSR count). The highest BCUT2D eigenvalue weighted by Crippen LogP contribution is 2.38. The van der Waals surface area contributed by atoms with Gasteiger partial charge in [-0.3, -0.25) is 0 Å². The minimum Gasteiger partial charge on any atom is -0.355 e. The number of benzene rings is 4. The molecule has 1 aliphatic rings. The first-order valence-electron chi connectivity index (χ1n) is 9.76. The van der Waals surface area contributed by atoms with Gasteiger partial charge in [-0.05, 0) is 59.0 Å². The van der Waals surface area contributed by atoms with Crippen LogP contribution in [0.5, 0.6) is 0 Å². The molecular formula is C26H19NS. The summed E-state index contributed by atoms with van der Waals surface area (Å²) in [6.45, 7) is 0. The van der Waals surface area contributed by atoms with Crippen LogP contribution >= 0.6 is 11.3 Å². The van der Waals surface area contributed by atoms with Crippen molar-refractivity contribution in [1.29, 1.82) is 0 Å². The smallest absolute Gasteiger partial charge is 0.0429 e. The van der Waals surface area contributed by atoms with E-state index in [1.807, 2.05) is 11.3 Å². The fourth-order valence-corrected chi connectivity index (χ4v) is 5.52. The third kappa shape index (κ3) is 2.45. The topological polar surface area (TPSA) is 12.0 Å². The number of rotatable bonds is 2. The SMILES string of the molecule is C1=Cc2c(c(Nc3ccc4c(c3)sc3ccccc34)cc3ccccc23)CC1. The molecule has 0 radical (unpaired) electrons. The molecule has 1 aliphatic carbocycles. The van der Waals surface area contributed by atoms with Crippen LogP contribution in [-0.2, 0) is 6.42 Å². The van der Waals surface area contributed by atoms with E-state index >= 15 is 0 Å². The van der Waals surface area contributed by atoms with Crippen molar-refractivity contribution in [3.63, 3.8) is 0 Å². The molecule has 0 saturated heterocycles. The van der Waals surface area contributed by atoms with Crippen molar-refractivity contribution in [3.8, 4) is 0 Å². The molecule has 0 aliphatic heterocycles. The molecule has 0 unspecified atom stereocenters. The van der Waals surface area contributed by atoms with Crippen LogP contribution in [0, 0.1) is 0 Å². The van der Waals surface area contributed by atoms with E-state index in [9.17, 15) is 0 Å². The largest absolute Gasteiger partial charge is 0.355 e. The van der Waals surface area contributed by atoms with Gasteiger partial charge in [0.25, 0.3) is 0 Å². The van der Waals surface area contributed by atoms with Crippen LogP contribution in [0.25, 0.3) is 37.0 Å². The summed E-state index contributed by atoms with van der Waals surface area (Å²) < 4.78 is 2.68. The molecule has 0 fully saturated rings. The molecule has 0 spiro atoms. The lowest BCUT2D eigenvalue weighted by Crippen LogP contribution is -2.02. The predicted octanol–water partition coefficient (Wildman–Crippen LogP) is 7.91. The Bertz CT molecular complexity index is 1390. The number of allylic oxidation sites excluding steroid dienone is 1. The average molecular weight is 378 g/mol. The summed E-state index contributed by atoms with van der Waals surface area (Å²) in [5.41, 5.74) is 5.19. The number of nitrogens with one attached hydrogen (secondary N) is 1. The van der Waals surface area contributed by atoms with E-state index in [0.717, 1.165) is 18.5 Å². The fraction of sp³-hybridized carbons (Fsp3) is 0.0769. The molecule has 0 amide bonds. The third-order valence-electron chi connectivity index (χ3n) is 5.70. The number of thiophene rings is 1. The zero-order chi connectivity index (χ0) is 18.5. The van der Waals surface area contributed by atoms with E-state index in [-0.39, 0.29) is 0 Å². The summed E-state index contributed by atoms with van der Waals surface area (Å²) in [7, 11) is 0. The maximum Gasteiger partial charge on any atom is 0.0429 e. The Labute approximate surface area is 167 Å². The van der Waals surface area contributed by atoms with Crippen molar-refractivity contribution in [2.75, 3.05) is 5.32 Å². The van der Waals surface area contributed by atoms with Crippen LogP contribution < -0.4 is 5.32 Å². The fourth-order valence-electron chi connectivity index (χ4n) is 4.38. The molecule has 1 aromatic heterocycles. The first kappa shape index (κ1) is 15.9. The van der Waals surface area contributed by atoms with Gasteiger partial charge in [0.1, 0.15) is 0 Å². The van der Waals surface area contributed by atoms with Crippen LogP contribution in [0.15, 0.2) is 78.9 Å². The van der Waals surface area contributed by atoms with E-state index in [1.54, 1.807) is 0 Å². The molecule has 28 heavy (non-hydrogen) atoms. The molecule has 5 aromatic rings. The highest BCUT2D eigenvalue weighted by atomic mass is 32.1. The normalized spacial score (nSPS) is 13.3. The van der Waals surface area contributed by atoms with Crippen LogP contribution in [0.1, 0.15) is 17.5 Å². The molecule has 2 heteroatoms. The maximum absolute atomic E-state index is 3.73. The second kappa shape index (κ2) is 6.22. The highest BCUT2D eigenvalue weighted by Gasteiger charge is 2.14. The maximum atomic E-state index is 3.73. The average Bonchev–Trinajstić information content (AvgIpc) is 3.12. The molecule has 0 bridgehead atoms. The molecule has 4 aromatic carbocycles. The van der Waals surface area contributed by atoms with E-state index in [0.29, 0.717) is 0 Å². The van der Waals surface area contributed by atoms with Gasteiger partial charge in [-0.25, -0.2) is 0 Å². The summed E-state index contributed by atoms with van der Waals surface area (Å²) in [5, 5.41) is 9.06. The second-order valence-electron chi connectivity index (χ2n) is 7.41. The van der Waals surface area contributed by atoms with Crippen molar-refractivity contribution < 1.29 is 0 Å². The van der Waals surface area contributed by atoms with E-state index in [4.69, 9.17) is 0 Å². The van der Waals surface area contributed by atoms with Crippen molar-refractivity contribution >= 4 is 59.7 Å². The first-order valence-corrected chi connectivity index (χ1v) is 10.6. The number of fused-ring (bicyclic) bond motifs is 6. The quantitative estimate of drug-likeness (QED) is 0.329. The zero-order valence-electron chi connectivity index (χ0n) is 15.4. The molecule has 1 heterocycles. The molecule has 1 nitrogen and oxygen atoms in total. The zero-order valence-corrected chi connectivity index (χ0v) is 16.2. The van der Waals surface area contributed by atoms with Crippen molar-refractivity contribution in [2.24, 2.45) is 0 Å². The summed E-state index contributed by atoms with van der Waals surface area (Å²) in [4.78, 5) is 0. The molecule has 0 atom stereocenters. The summed E-state index contributed by atoms with van der Waals surface area (Å²) in [6.07, 6.45) is 6.78. The summed E-state index contributed by atoms with van der Waals surface area (Å²) in [6, 6.07) is 26.4. The number of hydrogen-bond acceptors (Lipinski definition) is 2. The van der Waals surface area contributed by atoms with Gasteiger partial charge in [0.05, 0.1) is 0 Å². The van der Waals surface area contributed by atoms with Crippen LogP contribution in [0.4, 0.5) is 11.4 Å². The Hall–Kier alpha value is -3.10. The van der Waals surface area contributed by atoms with Crippen LogP contribution in [-0.4, -0.2) is 0 Å². The van der Waals surface area contributed by atoms with Gasteiger partial charge in [-0.15, -0.1) is 11.3 Å². The minimum atomic E-state index is 1.09. The lowest BCUT2D eigenvalue weighted by molar-refractivity contribution is 0.991. The van der Waals surface area contributed by atoms with Gasteiger partial charge in [0.15, 0.2) is 0 Å². The Morgan fingerprint density at radius 3 is 2.54 bits per heavy atom. The Balaban J connectivity index is 1.50. The summed E-state index contributed by atoms with van der Waals surface area (Å²) >= 11 is 1.87. The van der Waals surface area contributed by atoms with Gasteiger partial charge in [-0.2, -0.15) is 0 Å². The molecule has 0 saturated carbocycles. The van der Waals surface area contributed by atoms with E-state index in [2.05, 4.69) is 90.3 Å². The summed E-state index contributed by atoms with van der Waals surface area (Å²) in [5.74, 6) is 0. The molecule has 134 valence electrons. The second-order valence-corrected chi connectivity index (χ2v) is 8.50. The van der Waals surface area contributed by atoms with Crippen LogP contribution in [0.3, 0.4) is 0 Å². The Morgan fingerprint density at radius 1 is 0.750 bits per heavy atom. The predicted molar refractivity (Wildman–Crippen MR) is 124 cm³/mol. The lowest BCUT2D eigenvalue weighted by Gasteiger charge is -2.19. The van der Waals surface area contributed by atoms with E-state index in [1.165, 1.54) is 47.8 Å². The Kier molecular flexibility index (Phi) is 3.53. The van der Waals surface area contributed by atoms with Crippen molar-refractivity contribution in [1.82, 2.24) is 0 Å². The standard InChI is InChI=1S/C26H19NS/c1-2-8-19-17(7-1)15-24(21-10-4-3-9-20(19)21)27-18-13-14-23-22-11-5-6-12-25(22)28-26(23)16-18/h1-3,5-9,11-16,27H,4,10H2.